The Kier molecular flexibility index (Phi) is 21.2. The van der Waals surface area contributed by atoms with Crippen molar-refractivity contribution >= 4 is 46.4 Å². The average Bonchev–Trinajstić information content (AvgIpc) is 1.71. The predicted molar refractivity (Wildman–Crippen MR) is 392 cm³/mol. The number of aromatic nitrogens is 9. The summed E-state index contributed by atoms with van der Waals surface area (Å²) in [5.41, 5.74) is 41.1. The Bertz CT molecular complexity index is 5310. The third-order valence-corrected chi connectivity index (χ3v) is 18.7. The van der Waals surface area contributed by atoms with Gasteiger partial charge in [-0.05, 0) is 168 Å². The van der Waals surface area contributed by atoms with Crippen molar-refractivity contribution in [1.82, 2.24) is 64.1 Å². The van der Waals surface area contributed by atoms with E-state index < -0.39 is 0 Å². The number of halogens is 5. The van der Waals surface area contributed by atoms with E-state index in [9.17, 15) is 41.1 Å². The lowest BCUT2D eigenvalue weighted by Crippen LogP contribution is -2.28. The topological polar surface area (TPSA) is 295 Å². The summed E-state index contributed by atoms with van der Waals surface area (Å²) in [5, 5.41) is 8.56. The molecule has 542 valence electrons. The molecule has 107 heavy (non-hydrogen) atoms. The number of nitrogen functional groups attached to an aromatic ring is 4. The fraction of sp³-hybridized carbons (Fsp3) is 0.188. The summed E-state index contributed by atoms with van der Waals surface area (Å²) in [4.78, 5) is 80.0. The Balaban J connectivity index is 0.000000126. The van der Waals surface area contributed by atoms with E-state index in [0.717, 1.165) is 61.5 Å². The summed E-state index contributed by atoms with van der Waals surface area (Å²) < 4.78 is 75.1. The van der Waals surface area contributed by atoms with Gasteiger partial charge in [-0.3, -0.25) is 48.5 Å². The summed E-state index contributed by atoms with van der Waals surface area (Å²) in [6, 6.07) is 44.8. The number of fused-ring (bicyclic) bond motifs is 4. The van der Waals surface area contributed by atoms with Crippen molar-refractivity contribution in [1.29, 1.82) is 0 Å². The molecule has 12 aromatic rings. The van der Waals surface area contributed by atoms with E-state index in [0.29, 0.717) is 126 Å². The molecule has 0 saturated carbocycles. The van der Waals surface area contributed by atoms with Crippen LogP contribution in [0.3, 0.4) is 0 Å². The minimum atomic E-state index is -0.328. The number of nitrogens with zero attached hydrogens (tertiary/aromatic N) is 13. The lowest BCUT2D eigenvalue weighted by atomic mass is 10.1. The van der Waals surface area contributed by atoms with Crippen LogP contribution in [0.1, 0.15) is 67.5 Å². The summed E-state index contributed by atoms with van der Waals surface area (Å²) in [6.45, 7) is 3.79. The minimum absolute atomic E-state index is 0.0243. The van der Waals surface area contributed by atoms with Gasteiger partial charge in [0.25, 0.3) is 0 Å². The van der Waals surface area contributed by atoms with Gasteiger partial charge in [-0.1, -0.05) is 12.1 Å². The number of hydrogen-bond acceptors (Lipinski definition) is 16. The molecule has 16 rings (SSSR count). The molecule has 4 aliphatic heterocycles. The normalized spacial score (nSPS) is 12.9. The van der Waals surface area contributed by atoms with E-state index >= 15 is 0 Å². The SMILES string of the molecule is COc1cc2c(cn1)CN(C(=O)Cc1nc(-c3ccc(F)cc3)ccc1N)C2.Cn1cc2c(n1)CN(C(=O)Cc1nc(-c3ccc(F)cc3)ccc1N)C2.Cn1ncc2c1CN(C(=O)Cc1nc(-c3ccc(F)cc3)ccc1N)C2.Nc1ccc(-c2ccc(F)cc2)nc1CC(=O)N1Cc2cccc(F)c2C1. The molecule has 7 aromatic heterocycles. The fourth-order valence-electron chi connectivity index (χ4n) is 12.8. The Morgan fingerprint density at radius 2 is 0.785 bits per heavy atom. The lowest BCUT2D eigenvalue weighted by molar-refractivity contribution is -0.132. The van der Waals surface area contributed by atoms with Crippen LogP contribution in [-0.4, -0.2) is 94.8 Å². The number of rotatable bonds is 13. The first-order valence-corrected chi connectivity index (χ1v) is 34.0. The van der Waals surface area contributed by atoms with Gasteiger partial charge in [-0.25, -0.2) is 26.9 Å². The minimum Gasteiger partial charge on any atom is -0.481 e. The van der Waals surface area contributed by atoms with Gasteiger partial charge in [0.2, 0.25) is 29.5 Å². The molecule has 4 amide bonds. The molecule has 0 saturated heterocycles. The van der Waals surface area contributed by atoms with Crippen LogP contribution in [0.15, 0.2) is 188 Å². The van der Waals surface area contributed by atoms with Crippen molar-refractivity contribution < 1.29 is 45.9 Å². The number of hydrogen-bond donors (Lipinski definition) is 4. The van der Waals surface area contributed by atoms with E-state index in [2.05, 4.69) is 35.1 Å². The molecular formula is C80H72F5N17O5. The molecule has 0 spiro atoms. The number of pyridine rings is 5. The molecule has 0 bridgehead atoms. The molecule has 5 aromatic carbocycles. The average molecular weight is 1450 g/mol. The number of aryl methyl sites for hydroxylation is 2. The zero-order valence-corrected chi connectivity index (χ0v) is 58.4. The van der Waals surface area contributed by atoms with Crippen molar-refractivity contribution in [3.63, 3.8) is 0 Å². The van der Waals surface area contributed by atoms with Crippen LogP contribution in [0.5, 0.6) is 5.88 Å². The smallest absolute Gasteiger partial charge is 0.229 e. The molecule has 11 heterocycles. The maximum Gasteiger partial charge on any atom is 0.229 e. The Morgan fingerprint density at radius 1 is 0.411 bits per heavy atom. The van der Waals surface area contributed by atoms with Crippen molar-refractivity contribution in [2.75, 3.05) is 30.0 Å². The molecule has 0 fully saturated rings. The zero-order valence-electron chi connectivity index (χ0n) is 58.4. The lowest BCUT2D eigenvalue weighted by Gasteiger charge is -2.16. The van der Waals surface area contributed by atoms with Crippen LogP contribution in [0.2, 0.25) is 0 Å². The van der Waals surface area contributed by atoms with Gasteiger partial charge >= 0.3 is 0 Å². The maximum atomic E-state index is 13.9. The van der Waals surface area contributed by atoms with Gasteiger partial charge in [0.15, 0.2) is 0 Å². The molecule has 0 atom stereocenters. The van der Waals surface area contributed by atoms with Crippen molar-refractivity contribution in [2.24, 2.45) is 14.1 Å². The highest BCUT2D eigenvalue weighted by Crippen LogP contribution is 2.32. The van der Waals surface area contributed by atoms with Crippen LogP contribution in [0, 0.1) is 29.1 Å². The third-order valence-electron chi connectivity index (χ3n) is 18.7. The first-order chi connectivity index (χ1) is 51.5. The number of anilines is 4. The van der Waals surface area contributed by atoms with Gasteiger partial charge in [-0.15, -0.1) is 0 Å². The number of nitrogens with two attached hydrogens (primary N) is 4. The Hall–Kier alpha value is -13.2. The summed E-state index contributed by atoms with van der Waals surface area (Å²) in [7, 11) is 5.31. The second kappa shape index (κ2) is 31.4. The monoisotopic (exact) mass is 1450 g/mol. The molecule has 22 nitrogen and oxygen atoms in total. The van der Waals surface area contributed by atoms with Crippen molar-refractivity contribution in [3.05, 3.63) is 285 Å². The zero-order chi connectivity index (χ0) is 75.2. The number of benzene rings is 5. The summed E-state index contributed by atoms with van der Waals surface area (Å²) in [5.74, 6) is -1.31. The Morgan fingerprint density at radius 3 is 1.19 bits per heavy atom. The number of carbonyl (C=O) groups excluding carboxylic acids is 4. The van der Waals surface area contributed by atoms with Crippen LogP contribution in [-0.2, 0) is 111 Å². The van der Waals surface area contributed by atoms with Crippen LogP contribution >= 0.6 is 0 Å². The maximum absolute atomic E-state index is 13.9. The first kappa shape index (κ1) is 72.2. The van der Waals surface area contributed by atoms with E-state index in [1.807, 2.05) is 32.4 Å². The molecule has 8 N–H and O–H groups in total. The third kappa shape index (κ3) is 16.9. The van der Waals surface area contributed by atoms with Gasteiger partial charge in [-0.2, -0.15) is 10.2 Å². The second-order valence-corrected chi connectivity index (χ2v) is 26.1. The largest absolute Gasteiger partial charge is 0.481 e. The standard InChI is InChI=1S/C21H17F2N3O.C21H19FN4O2.2C19H18FN5O/c22-15-6-4-13(5-7-15)19-9-8-18(24)20(25-19)10-21(27)26-11-14-2-1-3-17(23)16(14)12-26;1-28-20-8-14-11-26(12-15(14)10-24-20)21(27)9-19-17(23)6-7-18(25-19)13-2-4-16(22)5-3-13;1-24-9-13-10-25(11-18(13)23-24)19(26)8-17-15(21)6-7-16(22-17)12-2-4-14(20)5-3-12;1-24-18-11-25(10-13(18)9-22-24)19(26)8-17-15(21)6-7-16(23-17)12-2-4-14(20)5-3-12/h1-9H,10-12,24H2;2-8,10H,9,11-12,23H2,1H3;2*2-7,9H,8,10-11,21H2,1H3. The van der Waals surface area contributed by atoms with Gasteiger partial charge in [0.05, 0.1) is 132 Å². The van der Waals surface area contributed by atoms with Crippen molar-refractivity contribution in [2.45, 2.75) is 78.0 Å². The summed E-state index contributed by atoms with van der Waals surface area (Å²) in [6.07, 6.45) is 5.84. The quantitative estimate of drug-likeness (QED) is 0.0780. The molecule has 0 unspecified atom stereocenters. The Labute approximate surface area is 611 Å². The fourth-order valence-corrected chi connectivity index (χ4v) is 12.8. The number of methoxy groups -OCH3 is 1. The molecule has 0 aliphatic carbocycles. The number of carbonyl (C=O) groups is 4. The van der Waals surface area contributed by atoms with Gasteiger partial charge in [0, 0.05) is 111 Å². The predicted octanol–water partition coefficient (Wildman–Crippen LogP) is 11.2. The van der Waals surface area contributed by atoms with Crippen molar-refractivity contribution in [3.8, 4) is 50.9 Å². The summed E-state index contributed by atoms with van der Waals surface area (Å²) >= 11 is 0. The van der Waals surface area contributed by atoms with E-state index in [1.54, 1.807) is 152 Å². The number of amides is 4. The second-order valence-electron chi connectivity index (χ2n) is 26.1. The van der Waals surface area contributed by atoms with E-state index in [4.69, 9.17) is 27.7 Å². The highest BCUT2D eigenvalue weighted by Gasteiger charge is 2.31. The van der Waals surface area contributed by atoms with Gasteiger partial charge in [0.1, 0.15) is 29.1 Å². The molecular weight excluding hydrogens is 1370 g/mol. The van der Waals surface area contributed by atoms with Crippen LogP contribution in [0.4, 0.5) is 44.7 Å². The molecule has 4 aliphatic rings. The highest BCUT2D eigenvalue weighted by atomic mass is 19.1. The number of ether oxygens (including phenoxy) is 1. The highest BCUT2D eigenvalue weighted by molar-refractivity contribution is 5.84. The van der Waals surface area contributed by atoms with Crippen LogP contribution in [0.25, 0.3) is 45.0 Å². The molecule has 0 radical (unpaired) electrons. The van der Waals surface area contributed by atoms with Crippen LogP contribution < -0.4 is 27.7 Å². The van der Waals surface area contributed by atoms with Gasteiger partial charge < -0.3 is 47.3 Å². The van der Waals surface area contributed by atoms with E-state index in [1.165, 1.54) is 54.6 Å². The van der Waals surface area contributed by atoms with E-state index in [-0.39, 0.29) is 84.9 Å². The first-order valence-electron chi connectivity index (χ1n) is 34.0. The molecule has 27 heteroatoms.